The van der Waals surface area contributed by atoms with Crippen LogP contribution in [0.2, 0.25) is 0 Å². The molecule has 9 nitrogen and oxygen atoms in total. The van der Waals surface area contributed by atoms with Crippen molar-refractivity contribution in [3.05, 3.63) is 59.7 Å². The number of carbonyl (C=O) groups excluding carboxylic acids is 2. The van der Waals surface area contributed by atoms with Crippen molar-refractivity contribution in [2.75, 3.05) is 46.6 Å². The molecular formula is C26H30N2O7. The predicted octanol–water partition coefficient (Wildman–Crippen LogP) is 2.49. The predicted molar refractivity (Wildman–Crippen MR) is 127 cm³/mol. The van der Waals surface area contributed by atoms with E-state index in [4.69, 9.17) is 14.2 Å². The number of aliphatic carboxylic acids is 1. The highest BCUT2D eigenvalue weighted by Gasteiger charge is 2.46. The van der Waals surface area contributed by atoms with E-state index in [1.54, 1.807) is 6.92 Å². The Labute approximate surface area is 204 Å². The number of benzene rings is 2. The Morgan fingerprint density at radius 3 is 2.37 bits per heavy atom. The first-order chi connectivity index (χ1) is 16.9. The van der Waals surface area contributed by atoms with Crippen molar-refractivity contribution in [2.45, 2.75) is 18.4 Å². The van der Waals surface area contributed by atoms with Gasteiger partial charge in [0.15, 0.2) is 0 Å². The standard InChI is InChI=1S/C26H30N2O7/c1-17(23(29)28-11-12-35-26(15-28,16-33-2)24(30)31)13-27-25(32)34-14-22-20-9-5-3-7-18(20)19-8-4-6-10-21(19)22/h3-10,17,22H,11-16H2,1-2H3,(H,27,32)(H,30,31). The molecule has 4 rings (SSSR count). The molecule has 2 amide bonds. The number of hydrogen-bond donors (Lipinski definition) is 2. The average Bonchev–Trinajstić information content (AvgIpc) is 3.19. The Morgan fingerprint density at radius 2 is 1.77 bits per heavy atom. The molecule has 1 aliphatic heterocycles. The lowest BCUT2D eigenvalue weighted by molar-refractivity contribution is -0.190. The zero-order valence-electron chi connectivity index (χ0n) is 19.9. The number of carboxylic acids is 1. The quantitative estimate of drug-likeness (QED) is 0.594. The summed E-state index contributed by atoms with van der Waals surface area (Å²) in [6.07, 6.45) is -0.604. The average molecular weight is 483 g/mol. The van der Waals surface area contributed by atoms with Crippen LogP contribution in [0.25, 0.3) is 11.1 Å². The SMILES string of the molecule is COCC1(C(=O)O)CN(C(=O)C(C)CNC(=O)OCC2c3ccccc3-c3ccccc32)CCO1. The summed E-state index contributed by atoms with van der Waals surface area (Å²) in [4.78, 5) is 38.5. The Bertz CT molecular complexity index is 1060. The molecule has 2 atom stereocenters. The van der Waals surface area contributed by atoms with E-state index in [0.29, 0.717) is 0 Å². The van der Waals surface area contributed by atoms with Gasteiger partial charge in [-0.15, -0.1) is 0 Å². The number of carbonyl (C=O) groups is 3. The topological polar surface area (TPSA) is 114 Å². The molecule has 186 valence electrons. The summed E-state index contributed by atoms with van der Waals surface area (Å²) < 4.78 is 16.0. The molecule has 0 aromatic heterocycles. The van der Waals surface area contributed by atoms with Crippen LogP contribution in [0, 0.1) is 5.92 Å². The van der Waals surface area contributed by atoms with Gasteiger partial charge in [-0.1, -0.05) is 55.5 Å². The molecule has 0 saturated carbocycles. The number of nitrogens with zero attached hydrogens (tertiary/aromatic N) is 1. The number of nitrogens with one attached hydrogen (secondary N) is 1. The summed E-state index contributed by atoms with van der Waals surface area (Å²) in [5.41, 5.74) is 2.94. The van der Waals surface area contributed by atoms with Crippen LogP contribution in [-0.4, -0.2) is 80.1 Å². The molecule has 2 unspecified atom stereocenters. The Kier molecular flexibility index (Phi) is 7.37. The van der Waals surface area contributed by atoms with E-state index in [1.165, 1.54) is 12.0 Å². The second-order valence-corrected chi connectivity index (χ2v) is 8.95. The molecule has 1 saturated heterocycles. The van der Waals surface area contributed by atoms with Crippen molar-refractivity contribution in [3.63, 3.8) is 0 Å². The highest BCUT2D eigenvalue weighted by Crippen LogP contribution is 2.44. The second-order valence-electron chi connectivity index (χ2n) is 8.95. The van der Waals surface area contributed by atoms with Crippen LogP contribution in [0.5, 0.6) is 0 Å². The fourth-order valence-electron chi connectivity index (χ4n) is 4.77. The zero-order valence-corrected chi connectivity index (χ0v) is 19.9. The minimum Gasteiger partial charge on any atom is -0.479 e. The summed E-state index contributed by atoms with van der Waals surface area (Å²) in [5, 5.41) is 12.3. The summed E-state index contributed by atoms with van der Waals surface area (Å²) in [6, 6.07) is 16.2. The lowest BCUT2D eigenvalue weighted by Crippen LogP contribution is -2.61. The number of amides is 2. The zero-order chi connectivity index (χ0) is 25.0. The fourth-order valence-corrected chi connectivity index (χ4v) is 4.77. The van der Waals surface area contributed by atoms with Crippen LogP contribution in [0.3, 0.4) is 0 Å². The number of alkyl carbamates (subject to hydrolysis) is 1. The van der Waals surface area contributed by atoms with E-state index in [0.717, 1.165) is 22.3 Å². The first kappa shape index (κ1) is 24.7. The molecule has 2 N–H and O–H groups in total. The third-order valence-corrected chi connectivity index (χ3v) is 6.58. The van der Waals surface area contributed by atoms with Gasteiger partial charge in [0.1, 0.15) is 6.61 Å². The van der Waals surface area contributed by atoms with E-state index in [1.807, 2.05) is 36.4 Å². The van der Waals surface area contributed by atoms with Crippen LogP contribution in [-0.2, 0) is 23.8 Å². The van der Waals surface area contributed by atoms with Crippen molar-refractivity contribution in [2.24, 2.45) is 5.92 Å². The normalized spacial score (nSPS) is 20.0. The lowest BCUT2D eigenvalue weighted by atomic mass is 9.98. The highest BCUT2D eigenvalue weighted by atomic mass is 16.6. The largest absolute Gasteiger partial charge is 0.479 e. The van der Waals surface area contributed by atoms with Gasteiger partial charge in [-0.25, -0.2) is 9.59 Å². The van der Waals surface area contributed by atoms with Crippen molar-refractivity contribution in [1.29, 1.82) is 0 Å². The van der Waals surface area contributed by atoms with E-state index in [-0.39, 0.29) is 51.3 Å². The van der Waals surface area contributed by atoms with Gasteiger partial charge < -0.3 is 29.5 Å². The molecule has 1 heterocycles. The molecule has 1 aliphatic carbocycles. The number of rotatable bonds is 8. The van der Waals surface area contributed by atoms with Gasteiger partial charge >= 0.3 is 12.1 Å². The molecule has 9 heteroatoms. The molecule has 1 fully saturated rings. The number of methoxy groups -OCH3 is 1. The van der Waals surface area contributed by atoms with E-state index in [9.17, 15) is 19.5 Å². The van der Waals surface area contributed by atoms with Crippen molar-refractivity contribution >= 4 is 18.0 Å². The maximum Gasteiger partial charge on any atom is 0.407 e. The second kappa shape index (κ2) is 10.5. The molecular weight excluding hydrogens is 452 g/mol. The van der Waals surface area contributed by atoms with Gasteiger partial charge in [-0.2, -0.15) is 0 Å². The van der Waals surface area contributed by atoms with Crippen LogP contribution < -0.4 is 5.32 Å². The summed E-state index contributed by atoms with van der Waals surface area (Å²) in [7, 11) is 1.38. The van der Waals surface area contributed by atoms with Gasteiger partial charge in [0, 0.05) is 26.1 Å². The number of fused-ring (bicyclic) bond motifs is 3. The Morgan fingerprint density at radius 1 is 1.14 bits per heavy atom. The van der Waals surface area contributed by atoms with Crippen LogP contribution in [0.15, 0.2) is 48.5 Å². The number of carboxylic acid groups (broad SMARTS) is 1. The maximum absolute atomic E-state index is 12.9. The monoisotopic (exact) mass is 482 g/mol. The fraction of sp³-hybridized carbons (Fsp3) is 0.423. The summed E-state index contributed by atoms with van der Waals surface area (Å²) >= 11 is 0. The van der Waals surface area contributed by atoms with Crippen molar-refractivity contribution in [1.82, 2.24) is 10.2 Å². The number of hydrogen-bond acceptors (Lipinski definition) is 6. The van der Waals surface area contributed by atoms with Gasteiger partial charge in [-0.05, 0) is 22.3 Å². The van der Waals surface area contributed by atoms with E-state index >= 15 is 0 Å². The number of ether oxygens (including phenoxy) is 3. The smallest absolute Gasteiger partial charge is 0.407 e. The number of morpholine rings is 1. The van der Waals surface area contributed by atoms with Crippen LogP contribution >= 0.6 is 0 Å². The molecule has 2 aromatic rings. The van der Waals surface area contributed by atoms with Gasteiger partial charge in [0.2, 0.25) is 11.5 Å². The lowest BCUT2D eigenvalue weighted by Gasteiger charge is -2.40. The Hall–Kier alpha value is -3.43. The molecule has 0 spiro atoms. The third-order valence-electron chi connectivity index (χ3n) is 6.58. The minimum atomic E-state index is -1.59. The van der Waals surface area contributed by atoms with Crippen LogP contribution in [0.4, 0.5) is 4.79 Å². The molecule has 0 radical (unpaired) electrons. The van der Waals surface area contributed by atoms with Crippen molar-refractivity contribution in [3.8, 4) is 11.1 Å². The van der Waals surface area contributed by atoms with E-state index < -0.39 is 23.6 Å². The van der Waals surface area contributed by atoms with Gasteiger partial charge in [-0.3, -0.25) is 4.79 Å². The van der Waals surface area contributed by atoms with Crippen LogP contribution in [0.1, 0.15) is 24.0 Å². The maximum atomic E-state index is 12.9. The van der Waals surface area contributed by atoms with Gasteiger partial charge in [0.05, 0.1) is 25.7 Å². The minimum absolute atomic E-state index is 0.0505. The first-order valence-corrected chi connectivity index (χ1v) is 11.6. The molecule has 0 bridgehead atoms. The van der Waals surface area contributed by atoms with E-state index in [2.05, 4.69) is 17.4 Å². The highest BCUT2D eigenvalue weighted by molar-refractivity contribution is 5.83. The first-order valence-electron chi connectivity index (χ1n) is 11.6. The van der Waals surface area contributed by atoms with Gasteiger partial charge in [0.25, 0.3) is 0 Å². The summed E-state index contributed by atoms with van der Waals surface area (Å²) in [5.74, 6) is -2.07. The molecule has 35 heavy (non-hydrogen) atoms. The molecule has 2 aromatic carbocycles. The molecule has 2 aliphatic rings. The third kappa shape index (κ3) is 5.01. The van der Waals surface area contributed by atoms with Crippen molar-refractivity contribution < 1.29 is 33.7 Å². The Balaban J connectivity index is 1.31. The summed E-state index contributed by atoms with van der Waals surface area (Å²) in [6.45, 7) is 2.00.